The molecule has 0 N–H and O–H groups in total. The van der Waals surface area contributed by atoms with Crippen LogP contribution in [0.25, 0.3) is 0 Å². The summed E-state index contributed by atoms with van der Waals surface area (Å²) in [5.74, 6) is -0.506. The maximum absolute atomic E-state index is 11.0. The number of carbonyl (C=O) groups excluding carboxylic acids is 2. The molecular formula is C10H16O2. The zero-order valence-electron chi connectivity index (χ0n) is 8.18. The Bertz CT molecular complexity index is 200. The minimum absolute atomic E-state index is 0.0382. The average molecular weight is 168 g/mol. The number of allylic oxidation sites excluding steroid dienone is 2. The summed E-state index contributed by atoms with van der Waals surface area (Å²) in [5, 5.41) is 0. The normalized spacial score (nSPS) is 11.9. The van der Waals surface area contributed by atoms with Crippen LogP contribution in [0.1, 0.15) is 34.1 Å². The maximum atomic E-state index is 11.0. The van der Waals surface area contributed by atoms with Gasteiger partial charge in [0.15, 0.2) is 0 Å². The fourth-order valence-corrected chi connectivity index (χ4v) is 1.01. The zero-order chi connectivity index (χ0) is 9.72. The smallest absolute Gasteiger partial charge is 0.140 e. The van der Waals surface area contributed by atoms with E-state index in [9.17, 15) is 9.59 Å². The molecule has 0 aromatic heterocycles. The Labute approximate surface area is 73.7 Å². The number of Topliss-reactive ketones (excluding diaryl/α,β-unsaturated/α-hetero) is 2. The first-order chi connectivity index (χ1) is 5.49. The van der Waals surface area contributed by atoms with Gasteiger partial charge in [-0.05, 0) is 34.1 Å². The molecule has 0 bridgehead atoms. The fraction of sp³-hybridized carbons (Fsp3) is 0.600. The van der Waals surface area contributed by atoms with E-state index < -0.39 is 5.92 Å². The monoisotopic (exact) mass is 168 g/mol. The molecular weight excluding hydrogens is 152 g/mol. The van der Waals surface area contributed by atoms with Crippen molar-refractivity contribution in [3.63, 3.8) is 0 Å². The van der Waals surface area contributed by atoms with E-state index in [1.54, 1.807) is 0 Å². The number of ketones is 2. The van der Waals surface area contributed by atoms with E-state index in [1.807, 2.05) is 19.9 Å². The van der Waals surface area contributed by atoms with Crippen molar-refractivity contribution in [2.75, 3.05) is 0 Å². The average Bonchev–Trinajstić information content (AvgIpc) is 1.98. The first-order valence-corrected chi connectivity index (χ1v) is 4.11. The molecule has 2 nitrogen and oxygen atoms in total. The molecule has 0 aromatic carbocycles. The summed E-state index contributed by atoms with van der Waals surface area (Å²) < 4.78 is 0. The van der Waals surface area contributed by atoms with Crippen LogP contribution < -0.4 is 0 Å². The fourth-order valence-electron chi connectivity index (χ4n) is 1.01. The standard InChI is InChI=1S/C10H16O2/c1-5-7(2)6-10(8(3)11)9(4)12/h5,10H,6H2,1-4H3/b7-5+. The summed E-state index contributed by atoms with van der Waals surface area (Å²) in [4.78, 5) is 22.0. The van der Waals surface area contributed by atoms with Crippen LogP contribution >= 0.6 is 0 Å². The lowest BCUT2D eigenvalue weighted by Gasteiger charge is -2.09. The van der Waals surface area contributed by atoms with Gasteiger partial charge in [-0.1, -0.05) is 11.6 Å². The maximum Gasteiger partial charge on any atom is 0.140 e. The molecule has 0 amide bonds. The highest BCUT2D eigenvalue weighted by Crippen LogP contribution is 2.13. The molecule has 0 saturated carbocycles. The van der Waals surface area contributed by atoms with Crippen LogP contribution in [0, 0.1) is 5.92 Å². The molecule has 0 unspecified atom stereocenters. The van der Waals surface area contributed by atoms with E-state index >= 15 is 0 Å². The van der Waals surface area contributed by atoms with Gasteiger partial charge in [0.25, 0.3) is 0 Å². The van der Waals surface area contributed by atoms with Crippen LogP contribution in [-0.4, -0.2) is 11.6 Å². The molecule has 0 heterocycles. The third-order valence-electron chi connectivity index (χ3n) is 2.00. The zero-order valence-corrected chi connectivity index (χ0v) is 8.18. The van der Waals surface area contributed by atoms with Gasteiger partial charge in [0.1, 0.15) is 11.6 Å². The van der Waals surface area contributed by atoms with Crippen molar-refractivity contribution in [1.29, 1.82) is 0 Å². The molecule has 0 aliphatic carbocycles. The van der Waals surface area contributed by atoms with E-state index in [-0.39, 0.29) is 11.6 Å². The molecule has 0 atom stereocenters. The van der Waals surface area contributed by atoms with Crippen molar-refractivity contribution in [2.45, 2.75) is 34.1 Å². The largest absolute Gasteiger partial charge is 0.299 e. The molecule has 0 spiro atoms. The number of rotatable bonds is 4. The molecule has 0 fully saturated rings. The first-order valence-electron chi connectivity index (χ1n) is 4.11. The van der Waals surface area contributed by atoms with E-state index in [4.69, 9.17) is 0 Å². The molecule has 0 aromatic rings. The quantitative estimate of drug-likeness (QED) is 0.476. The molecule has 0 aliphatic rings. The second-order valence-corrected chi connectivity index (χ2v) is 3.11. The Balaban J connectivity index is 4.35. The van der Waals surface area contributed by atoms with Crippen molar-refractivity contribution < 1.29 is 9.59 Å². The van der Waals surface area contributed by atoms with Crippen molar-refractivity contribution in [3.05, 3.63) is 11.6 Å². The Kier molecular flexibility index (Phi) is 4.49. The van der Waals surface area contributed by atoms with E-state index in [1.165, 1.54) is 13.8 Å². The lowest BCUT2D eigenvalue weighted by atomic mass is 9.93. The highest BCUT2D eigenvalue weighted by molar-refractivity contribution is 6.00. The van der Waals surface area contributed by atoms with Gasteiger partial charge in [-0.25, -0.2) is 0 Å². The third kappa shape index (κ3) is 3.46. The van der Waals surface area contributed by atoms with Gasteiger partial charge >= 0.3 is 0 Å². The molecule has 0 aliphatic heterocycles. The predicted octanol–water partition coefficient (Wildman–Crippen LogP) is 2.14. The van der Waals surface area contributed by atoms with Crippen molar-refractivity contribution >= 4 is 11.6 Å². The highest BCUT2D eigenvalue weighted by atomic mass is 16.1. The van der Waals surface area contributed by atoms with Gasteiger partial charge in [0.2, 0.25) is 0 Å². The Morgan fingerprint density at radius 1 is 1.17 bits per heavy atom. The number of hydrogen-bond acceptors (Lipinski definition) is 2. The van der Waals surface area contributed by atoms with Crippen molar-refractivity contribution in [1.82, 2.24) is 0 Å². The van der Waals surface area contributed by atoms with Gasteiger partial charge in [0.05, 0.1) is 5.92 Å². The molecule has 0 rings (SSSR count). The lowest BCUT2D eigenvalue weighted by Crippen LogP contribution is -2.19. The van der Waals surface area contributed by atoms with Crippen LogP contribution in [0.3, 0.4) is 0 Å². The van der Waals surface area contributed by atoms with Crippen molar-refractivity contribution in [2.24, 2.45) is 5.92 Å². The summed E-state index contributed by atoms with van der Waals surface area (Å²) in [6.07, 6.45) is 2.50. The molecule has 12 heavy (non-hydrogen) atoms. The van der Waals surface area contributed by atoms with Gasteiger partial charge in [0, 0.05) is 0 Å². The van der Waals surface area contributed by atoms with E-state index in [2.05, 4.69) is 0 Å². The first kappa shape index (κ1) is 11.1. The molecule has 0 radical (unpaired) electrons. The van der Waals surface area contributed by atoms with Crippen LogP contribution in [0.5, 0.6) is 0 Å². The number of carbonyl (C=O) groups is 2. The summed E-state index contributed by atoms with van der Waals surface area (Å²) in [6.45, 7) is 6.77. The minimum atomic E-state index is -0.429. The Hall–Kier alpha value is -0.920. The Morgan fingerprint density at radius 2 is 1.58 bits per heavy atom. The second kappa shape index (κ2) is 4.86. The predicted molar refractivity (Wildman–Crippen MR) is 48.9 cm³/mol. The summed E-state index contributed by atoms with van der Waals surface area (Å²) >= 11 is 0. The minimum Gasteiger partial charge on any atom is -0.299 e. The topological polar surface area (TPSA) is 34.1 Å². The van der Waals surface area contributed by atoms with Gasteiger partial charge < -0.3 is 0 Å². The SMILES string of the molecule is C/C=C(\C)CC(C(C)=O)C(C)=O. The van der Waals surface area contributed by atoms with E-state index in [0.29, 0.717) is 6.42 Å². The van der Waals surface area contributed by atoms with E-state index in [0.717, 1.165) is 5.57 Å². The van der Waals surface area contributed by atoms with Crippen LogP contribution in [0.2, 0.25) is 0 Å². The lowest BCUT2D eigenvalue weighted by molar-refractivity contribution is -0.130. The summed E-state index contributed by atoms with van der Waals surface area (Å²) in [7, 11) is 0. The molecule has 68 valence electrons. The van der Waals surface area contributed by atoms with Gasteiger partial charge in [-0.15, -0.1) is 0 Å². The third-order valence-corrected chi connectivity index (χ3v) is 2.00. The van der Waals surface area contributed by atoms with Crippen molar-refractivity contribution in [3.8, 4) is 0 Å². The van der Waals surface area contributed by atoms with Crippen LogP contribution in [0.15, 0.2) is 11.6 Å². The van der Waals surface area contributed by atoms with Gasteiger partial charge in [-0.3, -0.25) is 9.59 Å². The van der Waals surface area contributed by atoms with Gasteiger partial charge in [-0.2, -0.15) is 0 Å². The Morgan fingerprint density at radius 3 is 1.83 bits per heavy atom. The molecule has 0 saturated heterocycles. The van der Waals surface area contributed by atoms with Crippen LogP contribution in [0.4, 0.5) is 0 Å². The van der Waals surface area contributed by atoms with Crippen LogP contribution in [-0.2, 0) is 9.59 Å². The summed E-state index contributed by atoms with van der Waals surface area (Å²) in [5.41, 5.74) is 1.09. The second-order valence-electron chi connectivity index (χ2n) is 3.11. The highest BCUT2D eigenvalue weighted by Gasteiger charge is 2.18. The molecule has 2 heteroatoms. The number of hydrogen-bond donors (Lipinski definition) is 0. The summed E-state index contributed by atoms with van der Waals surface area (Å²) in [6, 6.07) is 0.